The van der Waals surface area contributed by atoms with Gasteiger partial charge in [0.25, 0.3) is 0 Å². The number of nitrogens with one attached hydrogen (secondary N) is 1. The fourth-order valence-corrected chi connectivity index (χ4v) is 4.89. The van der Waals surface area contributed by atoms with Crippen LogP contribution in [0, 0.1) is 22.7 Å². The number of amides is 1. The highest BCUT2D eigenvalue weighted by atomic mass is 32.2. The van der Waals surface area contributed by atoms with Crippen LogP contribution in [-0.4, -0.2) is 25.1 Å². The van der Waals surface area contributed by atoms with Crippen molar-refractivity contribution < 1.29 is 13.2 Å². The fourth-order valence-electron chi connectivity index (χ4n) is 2.79. The predicted molar refractivity (Wildman–Crippen MR) is 123 cm³/mol. The van der Waals surface area contributed by atoms with Crippen LogP contribution in [-0.2, 0) is 14.8 Å². The number of anilines is 2. The van der Waals surface area contributed by atoms with E-state index in [1.54, 1.807) is 6.07 Å². The smallest absolute Gasteiger partial charge is 0.238 e. The molecule has 1 aromatic carbocycles. The fraction of sp³-hybridized carbons (Fsp3) is 0.100. The third-order valence-electron chi connectivity index (χ3n) is 4.26. The molecule has 0 bridgehead atoms. The Balaban J connectivity index is 1.72. The number of pyridine rings is 1. The Kier molecular flexibility index (Phi) is 7.12. The summed E-state index contributed by atoms with van der Waals surface area (Å²) in [4.78, 5) is 16.4. The van der Waals surface area contributed by atoms with Crippen LogP contribution >= 0.6 is 23.1 Å². The first-order valence-corrected chi connectivity index (χ1v) is 12.4. The van der Waals surface area contributed by atoms with E-state index in [0.29, 0.717) is 27.6 Å². The molecule has 0 atom stereocenters. The zero-order valence-electron chi connectivity index (χ0n) is 16.4. The molecule has 0 saturated heterocycles. The number of nitriles is 2. The van der Waals surface area contributed by atoms with Gasteiger partial charge in [-0.15, -0.1) is 11.8 Å². The Morgan fingerprint density at radius 1 is 1.16 bits per heavy atom. The van der Waals surface area contributed by atoms with E-state index < -0.39 is 10.0 Å². The predicted octanol–water partition coefficient (Wildman–Crippen LogP) is 2.90. The van der Waals surface area contributed by atoms with Gasteiger partial charge in [0.2, 0.25) is 15.9 Å². The van der Waals surface area contributed by atoms with Crippen molar-refractivity contribution in [1.82, 2.24) is 4.98 Å². The average molecular weight is 485 g/mol. The van der Waals surface area contributed by atoms with Gasteiger partial charge in [-0.3, -0.25) is 4.79 Å². The molecule has 3 aromatic rings. The van der Waals surface area contributed by atoms with Gasteiger partial charge in [0, 0.05) is 23.4 Å². The van der Waals surface area contributed by atoms with E-state index in [-0.39, 0.29) is 34.2 Å². The molecule has 0 aliphatic heterocycles. The second-order valence-electron chi connectivity index (χ2n) is 6.38. The summed E-state index contributed by atoms with van der Waals surface area (Å²) in [6.07, 6.45) is 0.0991. The van der Waals surface area contributed by atoms with Gasteiger partial charge in [-0.1, -0.05) is 0 Å². The molecule has 0 aliphatic rings. The van der Waals surface area contributed by atoms with E-state index in [2.05, 4.69) is 16.4 Å². The summed E-state index contributed by atoms with van der Waals surface area (Å²) in [5.41, 5.74) is 7.90. The monoisotopic (exact) mass is 484 g/mol. The van der Waals surface area contributed by atoms with E-state index in [0.717, 1.165) is 0 Å². The number of hydrogen-bond donors (Lipinski definition) is 3. The molecule has 32 heavy (non-hydrogen) atoms. The molecule has 2 aromatic heterocycles. The lowest BCUT2D eigenvalue weighted by Crippen LogP contribution is -2.14. The van der Waals surface area contributed by atoms with Crippen molar-refractivity contribution in [2.45, 2.75) is 16.3 Å². The van der Waals surface area contributed by atoms with E-state index in [9.17, 15) is 23.7 Å². The topological polar surface area (TPSA) is 176 Å². The highest BCUT2D eigenvalue weighted by Crippen LogP contribution is 2.36. The molecule has 2 heterocycles. The number of benzene rings is 1. The lowest BCUT2D eigenvalue weighted by atomic mass is 9.99. The number of thioether (sulfide) groups is 1. The summed E-state index contributed by atoms with van der Waals surface area (Å²) in [6.45, 7) is 0. The molecule has 5 N–H and O–H groups in total. The summed E-state index contributed by atoms with van der Waals surface area (Å²) in [6, 6.07) is 11.4. The first-order chi connectivity index (χ1) is 15.2. The van der Waals surface area contributed by atoms with E-state index in [1.807, 2.05) is 16.8 Å². The number of sulfonamides is 1. The number of aromatic nitrogens is 1. The van der Waals surface area contributed by atoms with Gasteiger partial charge in [0.05, 0.1) is 10.5 Å². The molecular weight excluding hydrogens is 468 g/mol. The Labute approximate surface area is 192 Å². The molecule has 1 amide bonds. The Bertz CT molecular complexity index is 1340. The first kappa shape index (κ1) is 23.2. The van der Waals surface area contributed by atoms with Gasteiger partial charge in [-0.25, -0.2) is 18.5 Å². The van der Waals surface area contributed by atoms with Crippen molar-refractivity contribution in [3.63, 3.8) is 0 Å². The second kappa shape index (κ2) is 9.80. The number of nitrogen functional groups attached to an aromatic ring is 1. The van der Waals surface area contributed by atoms with E-state index in [1.165, 1.54) is 47.4 Å². The summed E-state index contributed by atoms with van der Waals surface area (Å²) in [7, 11) is -3.81. The summed E-state index contributed by atoms with van der Waals surface area (Å²) < 4.78 is 22.6. The van der Waals surface area contributed by atoms with Crippen molar-refractivity contribution in [2.24, 2.45) is 5.14 Å². The van der Waals surface area contributed by atoms with Crippen molar-refractivity contribution >= 4 is 50.5 Å². The van der Waals surface area contributed by atoms with Crippen molar-refractivity contribution in [2.75, 3.05) is 16.8 Å². The Morgan fingerprint density at radius 3 is 2.41 bits per heavy atom. The molecule has 0 fully saturated rings. The van der Waals surface area contributed by atoms with E-state index in [4.69, 9.17) is 10.9 Å². The molecule has 12 heteroatoms. The molecule has 162 valence electrons. The molecular formula is C20H16N6O3S3. The third kappa shape index (κ3) is 5.25. The number of rotatable bonds is 7. The molecule has 0 spiro atoms. The van der Waals surface area contributed by atoms with Gasteiger partial charge in [-0.2, -0.15) is 21.9 Å². The summed E-state index contributed by atoms with van der Waals surface area (Å²) in [5, 5.41) is 30.9. The average Bonchev–Trinajstić information content (AvgIpc) is 3.27. The van der Waals surface area contributed by atoms with Gasteiger partial charge in [0.15, 0.2) is 0 Å². The number of hydrogen-bond acceptors (Lipinski definition) is 9. The maximum atomic E-state index is 12.2. The minimum Gasteiger partial charge on any atom is -0.383 e. The zero-order valence-corrected chi connectivity index (χ0v) is 18.9. The molecule has 0 aliphatic carbocycles. The Morgan fingerprint density at radius 2 is 1.84 bits per heavy atom. The van der Waals surface area contributed by atoms with Crippen LogP contribution in [0.2, 0.25) is 0 Å². The summed E-state index contributed by atoms with van der Waals surface area (Å²) >= 11 is 2.61. The minimum absolute atomic E-state index is 0.0228. The third-order valence-corrected chi connectivity index (χ3v) is 6.85. The minimum atomic E-state index is -3.81. The maximum absolute atomic E-state index is 12.2. The van der Waals surface area contributed by atoms with Gasteiger partial charge >= 0.3 is 0 Å². The first-order valence-electron chi connectivity index (χ1n) is 8.96. The molecule has 0 saturated carbocycles. The van der Waals surface area contributed by atoms with Gasteiger partial charge in [0.1, 0.15) is 28.5 Å². The lowest BCUT2D eigenvalue weighted by Gasteiger charge is -2.12. The van der Waals surface area contributed by atoms with Crippen molar-refractivity contribution in [3.05, 3.63) is 52.2 Å². The van der Waals surface area contributed by atoms with Crippen LogP contribution in [0.4, 0.5) is 11.5 Å². The van der Waals surface area contributed by atoms with Crippen LogP contribution in [0.1, 0.15) is 17.5 Å². The lowest BCUT2D eigenvalue weighted by molar-refractivity contribution is -0.115. The highest BCUT2D eigenvalue weighted by molar-refractivity contribution is 7.99. The zero-order chi connectivity index (χ0) is 23.3. The Hall–Kier alpha value is -3.42. The molecule has 9 nitrogen and oxygen atoms in total. The number of primary sulfonamides is 1. The van der Waals surface area contributed by atoms with Crippen LogP contribution < -0.4 is 16.2 Å². The number of carbonyl (C=O) groups is 1. The molecule has 0 unspecified atom stereocenters. The highest BCUT2D eigenvalue weighted by Gasteiger charge is 2.21. The van der Waals surface area contributed by atoms with Crippen LogP contribution in [0.15, 0.2) is 51.0 Å². The second-order valence-corrected chi connectivity index (χ2v) is 9.80. The summed E-state index contributed by atoms with van der Waals surface area (Å²) in [5.74, 6) is 0.0191. The van der Waals surface area contributed by atoms with Crippen LogP contribution in [0.3, 0.4) is 0 Å². The van der Waals surface area contributed by atoms with Crippen LogP contribution in [0.5, 0.6) is 0 Å². The standard InChI is InChI=1S/C20H16N6O3S3/c21-9-15-18(12-5-7-30-11-12)16(10-22)20(26-19(15)23)31-8-6-17(27)25-13-1-3-14(4-2-13)32(24,28)29/h1-5,7,11H,6,8H2,(H2,23,26)(H,25,27)(H2,24,28,29). The molecule has 0 radical (unpaired) electrons. The van der Waals surface area contributed by atoms with Gasteiger partial charge in [-0.05, 0) is 46.7 Å². The molecule has 3 rings (SSSR count). The number of carbonyl (C=O) groups excluding carboxylic acids is 1. The van der Waals surface area contributed by atoms with E-state index >= 15 is 0 Å². The SMILES string of the molecule is N#Cc1c(N)nc(SCCC(=O)Nc2ccc(S(N)(=O)=O)cc2)c(C#N)c1-c1ccsc1. The van der Waals surface area contributed by atoms with Crippen molar-refractivity contribution in [1.29, 1.82) is 10.5 Å². The van der Waals surface area contributed by atoms with Crippen LogP contribution in [0.25, 0.3) is 11.1 Å². The van der Waals surface area contributed by atoms with Crippen molar-refractivity contribution in [3.8, 4) is 23.3 Å². The quantitative estimate of drug-likeness (QED) is 0.429. The van der Waals surface area contributed by atoms with Gasteiger partial charge < -0.3 is 11.1 Å². The normalized spacial score (nSPS) is 10.8. The number of thiophene rings is 1. The number of nitrogens with zero attached hydrogens (tertiary/aromatic N) is 3. The largest absolute Gasteiger partial charge is 0.383 e. The maximum Gasteiger partial charge on any atom is 0.238 e. The number of nitrogens with two attached hydrogens (primary N) is 2.